The average molecular weight is 407 g/mol. The maximum absolute atomic E-state index is 12.6. The minimum atomic E-state index is 0. The molecule has 3 fully saturated rings. The number of rotatable bonds is 6. The fraction of sp³-hybridized carbons (Fsp3) is 0.778. The van der Waals surface area contributed by atoms with Crippen molar-refractivity contribution in [1.82, 2.24) is 20.4 Å². The van der Waals surface area contributed by atoms with Gasteiger partial charge in [0.05, 0.1) is 6.54 Å². The molecular weight excluding hydrogens is 375 g/mol. The Bertz CT molecular complexity index is 472. The number of fused-ring (bicyclic) bond motifs is 2. The Morgan fingerprint density at radius 2 is 1.69 bits per heavy atom. The van der Waals surface area contributed by atoms with Crippen molar-refractivity contribution < 1.29 is 9.59 Å². The molecule has 2 N–H and O–H groups in total. The highest BCUT2D eigenvalue weighted by molar-refractivity contribution is 5.85. The number of piperidine rings is 1. The van der Waals surface area contributed by atoms with Gasteiger partial charge in [0.2, 0.25) is 11.8 Å². The molecule has 6 nitrogen and oxygen atoms in total. The minimum absolute atomic E-state index is 0. The van der Waals surface area contributed by atoms with Crippen LogP contribution in [0.4, 0.5) is 0 Å². The SMILES string of the molecule is C=CCNC(=O)CN1CCN(C(=O)CC2CC3CCC(C2)N3)CC1.Cl.Cl. The summed E-state index contributed by atoms with van der Waals surface area (Å²) in [5.41, 5.74) is 0. The first-order valence-electron chi connectivity index (χ1n) is 9.28. The molecule has 0 aliphatic carbocycles. The third-order valence-corrected chi connectivity index (χ3v) is 5.57. The molecule has 3 rings (SSSR count). The first-order valence-corrected chi connectivity index (χ1v) is 9.28. The number of carbonyl (C=O) groups excluding carboxylic acids is 2. The lowest BCUT2D eigenvalue weighted by Gasteiger charge is -2.36. The van der Waals surface area contributed by atoms with Crippen molar-refractivity contribution in [2.45, 2.75) is 44.2 Å². The van der Waals surface area contributed by atoms with E-state index >= 15 is 0 Å². The summed E-state index contributed by atoms with van der Waals surface area (Å²) in [6.45, 7) is 7.56. The monoisotopic (exact) mass is 406 g/mol. The number of hydrogen-bond donors (Lipinski definition) is 2. The molecule has 2 bridgehead atoms. The lowest BCUT2D eigenvalue weighted by Crippen LogP contribution is -2.51. The van der Waals surface area contributed by atoms with Crippen molar-refractivity contribution in [1.29, 1.82) is 0 Å². The van der Waals surface area contributed by atoms with Gasteiger partial charge in [-0.05, 0) is 31.6 Å². The number of amides is 2. The molecule has 3 saturated heterocycles. The van der Waals surface area contributed by atoms with Crippen LogP contribution in [0.2, 0.25) is 0 Å². The smallest absolute Gasteiger partial charge is 0.234 e. The molecule has 3 heterocycles. The van der Waals surface area contributed by atoms with E-state index in [1.165, 1.54) is 12.8 Å². The highest BCUT2D eigenvalue weighted by Gasteiger charge is 2.35. The zero-order chi connectivity index (χ0) is 16.9. The Morgan fingerprint density at radius 1 is 1.08 bits per heavy atom. The number of halogens is 2. The quantitative estimate of drug-likeness (QED) is 0.650. The number of hydrogen-bond acceptors (Lipinski definition) is 4. The largest absolute Gasteiger partial charge is 0.352 e. The molecule has 2 amide bonds. The topological polar surface area (TPSA) is 64.7 Å². The third-order valence-electron chi connectivity index (χ3n) is 5.57. The number of nitrogens with zero attached hydrogens (tertiary/aromatic N) is 2. The molecular formula is C18H32Cl2N4O2. The van der Waals surface area contributed by atoms with Crippen LogP contribution >= 0.6 is 24.8 Å². The zero-order valence-electron chi connectivity index (χ0n) is 15.3. The molecule has 2 atom stereocenters. The maximum Gasteiger partial charge on any atom is 0.234 e. The van der Waals surface area contributed by atoms with E-state index in [4.69, 9.17) is 0 Å². The van der Waals surface area contributed by atoms with E-state index in [2.05, 4.69) is 22.1 Å². The summed E-state index contributed by atoms with van der Waals surface area (Å²) in [4.78, 5) is 28.4. The van der Waals surface area contributed by atoms with Crippen LogP contribution in [0.25, 0.3) is 0 Å². The van der Waals surface area contributed by atoms with Crippen molar-refractivity contribution in [3.63, 3.8) is 0 Å². The number of piperazine rings is 1. The Kier molecular flexibility index (Phi) is 9.93. The van der Waals surface area contributed by atoms with E-state index in [9.17, 15) is 9.59 Å². The molecule has 8 heteroatoms. The second-order valence-electron chi connectivity index (χ2n) is 7.43. The Morgan fingerprint density at radius 3 is 2.27 bits per heavy atom. The standard InChI is InChI=1S/C18H30N4O2.2ClH/c1-2-5-19-17(23)13-21-6-8-22(9-7-21)18(24)12-14-10-15-3-4-16(11-14)20-15;;/h2,14-16,20H,1,3-13H2,(H,19,23);2*1H. The predicted molar refractivity (Wildman–Crippen MR) is 108 cm³/mol. The maximum atomic E-state index is 12.6. The molecule has 26 heavy (non-hydrogen) atoms. The van der Waals surface area contributed by atoms with Crippen molar-refractivity contribution in [3.05, 3.63) is 12.7 Å². The van der Waals surface area contributed by atoms with E-state index in [-0.39, 0.29) is 30.7 Å². The summed E-state index contributed by atoms with van der Waals surface area (Å²) in [6.07, 6.45) is 7.26. The molecule has 3 aliphatic heterocycles. The Hall–Kier alpha value is -0.820. The first kappa shape index (κ1) is 23.2. The molecule has 0 aromatic carbocycles. The van der Waals surface area contributed by atoms with E-state index < -0.39 is 0 Å². The van der Waals surface area contributed by atoms with E-state index in [0.29, 0.717) is 43.4 Å². The van der Waals surface area contributed by atoms with Crippen LogP contribution in [0.3, 0.4) is 0 Å². The van der Waals surface area contributed by atoms with Gasteiger partial charge in [-0.15, -0.1) is 31.4 Å². The van der Waals surface area contributed by atoms with Gasteiger partial charge in [0.1, 0.15) is 0 Å². The lowest BCUT2D eigenvalue weighted by atomic mass is 9.89. The Balaban J connectivity index is 0.00000169. The summed E-state index contributed by atoms with van der Waals surface area (Å²) in [7, 11) is 0. The zero-order valence-corrected chi connectivity index (χ0v) is 17.0. The average Bonchev–Trinajstić information content (AvgIpc) is 2.92. The van der Waals surface area contributed by atoms with Gasteiger partial charge in [0.15, 0.2) is 0 Å². The van der Waals surface area contributed by atoms with Gasteiger partial charge in [-0.25, -0.2) is 0 Å². The van der Waals surface area contributed by atoms with Gasteiger partial charge in [0, 0.05) is 51.2 Å². The summed E-state index contributed by atoms with van der Waals surface area (Å²) in [5, 5.41) is 6.43. The van der Waals surface area contributed by atoms with Crippen LogP contribution in [0.15, 0.2) is 12.7 Å². The second kappa shape index (κ2) is 11.1. The van der Waals surface area contributed by atoms with Crippen molar-refractivity contribution in [3.8, 4) is 0 Å². The molecule has 2 unspecified atom stereocenters. The molecule has 150 valence electrons. The fourth-order valence-electron chi connectivity index (χ4n) is 4.32. The predicted octanol–water partition coefficient (Wildman–Crippen LogP) is 1.20. The van der Waals surface area contributed by atoms with Crippen LogP contribution in [0, 0.1) is 5.92 Å². The molecule has 0 spiro atoms. The molecule has 0 aromatic rings. The van der Waals surface area contributed by atoms with Gasteiger partial charge in [-0.2, -0.15) is 0 Å². The summed E-state index contributed by atoms with van der Waals surface area (Å²) in [6, 6.07) is 1.29. The van der Waals surface area contributed by atoms with Crippen LogP contribution in [-0.2, 0) is 9.59 Å². The van der Waals surface area contributed by atoms with Crippen molar-refractivity contribution in [2.75, 3.05) is 39.3 Å². The second-order valence-corrected chi connectivity index (χ2v) is 7.43. The number of nitrogens with one attached hydrogen (secondary N) is 2. The summed E-state index contributed by atoms with van der Waals surface area (Å²) < 4.78 is 0. The van der Waals surface area contributed by atoms with Crippen LogP contribution < -0.4 is 10.6 Å². The molecule has 0 radical (unpaired) electrons. The van der Waals surface area contributed by atoms with E-state index in [1.807, 2.05) is 4.90 Å². The third kappa shape index (κ3) is 6.41. The lowest BCUT2D eigenvalue weighted by molar-refractivity contribution is -0.134. The highest BCUT2D eigenvalue weighted by Crippen LogP contribution is 2.33. The summed E-state index contributed by atoms with van der Waals surface area (Å²) in [5.74, 6) is 0.885. The first-order chi connectivity index (χ1) is 11.6. The van der Waals surface area contributed by atoms with Gasteiger partial charge in [-0.3, -0.25) is 14.5 Å². The molecule has 0 saturated carbocycles. The van der Waals surface area contributed by atoms with Crippen LogP contribution in [0.5, 0.6) is 0 Å². The van der Waals surface area contributed by atoms with Crippen molar-refractivity contribution >= 4 is 36.6 Å². The van der Waals surface area contributed by atoms with Crippen LogP contribution in [-0.4, -0.2) is 73.0 Å². The van der Waals surface area contributed by atoms with Gasteiger partial charge >= 0.3 is 0 Å². The van der Waals surface area contributed by atoms with Gasteiger partial charge in [-0.1, -0.05) is 6.08 Å². The van der Waals surface area contributed by atoms with Gasteiger partial charge < -0.3 is 15.5 Å². The van der Waals surface area contributed by atoms with E-state index in [1.54, 1.807) is 6.08 Å². The Labute approximate surface area is 168 Å². The molecule has 3 aliphatic rings. The normalized spacial score (nSPS) is 27.8. The van der Waals surface area contributed by atoms with E-state index in [0.717, 1.165) is 39.0 Å². The minimum Gasteiger partial charge on any atom is -0.352 e. The highest BCUT2D eigenvalue weighted by atomic mass is 35.5. The fourth-order valence-corrected chi connectivity index (χ4v) is 4.32. The molecule has 0 aromatic heterocycles. The number of carbonyl (C=O) groups is 2. The van der Waals surface area contributed by atoms with Gasteiger partial charge in [0.25, 0.3) is 0 Å². The van der Waals surface area contributed by atoms with Crippen molar-refractivity contribution in [2.24, 2.45) is 5.92 Å². The van der Waals surface area contributed by atoms with Crippen LogP contribution in [0.1, 0.15) is 32.1 Å². The summed E-state index contributed by atoms with van der Waals surface area (Å²) >= 11 is 0.